The van der Waals surface area contributed by atoms with Gasteiger partial charge < -0.3 is 15.4 Å². The minimum atomic E-state index is 0.445. The molecule has 5 rings (SSSR count). The molecule has 0 amide bonds. The molecule has 3 heterocycles. The van der Waals surface area contributed by atoms with Crippen molar-refractivity contribution in [1.29, 1.82) is 0 Å². The number of anilines is 3. The third kappa shape index (κ3) is 6.78. The molecular weight excluding hydrogens is 460 g/mol. The zero-order valence-corrected chi connectivity index (χ0v) is 20.2. The average molecular weight is 489 g/mol. The van der Waals surface area contributed by atoms with E-state index in [2.05, 4.69) is 40.7 Å². The highest BCUT2D eigenvalue weighted by atomic mass is 32.2. The van der Waals surface area contributed by atoms with Crippen LogP contribution in [0.3, 0.4) is 0 Å². The highest BCUT2D eigenvalue weighted by Gasteiger charge is 2.12. The van der Waals surface area contributed by atoms with E-state index < -0.39 is 0 Å². The number of aromatic amines is 1. The molecule has 0 aliphatic carbocycles. The summed E-state index contributed by atoms with van der Waals surface area (Å²) >= 11 is 1.50. The minimum absolute atomic E-state index is 0.445. The lowest BCUT2D eigenvalue weighted by molar-refractivity contribution is 0.0378. The number of benzene rings is 2. The van der Waals surface area contributed by atoms with E-state index in [1.165, 1.54) is 11.8 Å². The Balaban J connectivity index is 1.28. The molecule has 10 heteroatoms. The fraction of sp³-hybridized carbons (Fsp3) is 0.280. The first kappa shape index (κ1) is 23.3. The molecule has 0 radical (unpaired) electrons. The summed E-state index contributed by atoms with van der Waals surface area (Å²) in [5.41, 5.74) is 1.98. The van der Waals surface area contributed by atoms with Crippen LogP contribution >= 0.6 is 11.8 Å². The summed E-state index contributed by atoms with van der Waals surface area (Å²) in [7, 11) is 0. The molecule has 180 valence electrons. The first-order chi connectivity index (χ1) is 17.3. The Bertz CT molecular complexity index is 1200. The topological polar surface area (TPSA) is 104 Å². The van der Waals surface area contributed by atoms with Gasteiger partial charge in [-0.3, -0.25) is 10.00 Å². The summed E-state index contributed by atoms with van der Waals surface area (Å²) < 4.78 is 5.43. The summed E-state index contributed by atoms with van der Waals surface area (Å²) in [5, 5.41) is 14.6. The van der Waals surface area contributed by atoms with Crippen LogP contribution in [0.25, 0.3) is 11.3 Å². The van der Waals surface area contributed by atoms with Gasteiger partial charge in [0.15, 0.2) is 11.0 Å². The maximum absolute atomic E-state index is 5.43. The van der Waals surface area contributed by atoms with E-state index in [1.54, 1.807) is 0 Å². The van der Waals surface area contributed by atoms with Crippen LogP contribution in [-0.2, 0) is 4.74 Å². The molecule has 1 aliphatic heterocycles. The Kier molecular flexibility index (Phi) is 7.84. The second-order valence-corrected chi connectivity index (χ2v) is 9.11. The third-order valence-corrected chi connectivity index (χ3v) is 6.38. The highest BCUT2D eigenvalue weighted by molar-refractivity contribution is 7.99. The molecule has 1 saturated heterocycles. The number of nitrogens with zero attached hydrogens (tertiary/aromatic N) is 5. The summed E-state index contributed by atoms with van der Waals surface area (Å²) in [6.07, 6.45) is 0.995. The van der Waals surface area contributed by atoms with Crippen molar-refractivity contribution in [3.8, 4) is 11.3 Å². The van der Waals surface area contributed by atoms with E-state index >= 15 is 0 Å². The Morgan fingerprint density at radius 3 is 2.46 bits per heavy atom. The molecule has 35 heavy (non-hydrogen) atoms. The molecule has 0 unspecified atom stereocenters. The molecule has 0 spiro atoms. The maximum atomic E-state index is 5.43. The van der Waals surface area contributed by atoms with Gasteiger partial charge in [0.1, 0.15) is 0 Å². The van der Waals surface area contributed by atoms with E-state index in [0.29, 0.717) is 22.9 Å². The van der Waals surface area contributed by atoms with Gasteiger partial charge in [-0.2, -0.15) is 20.1 Å². The molecule has 3 N–H and O–H groups in total. The zero-order chi connectivity index (χ0) is 23.7. The number of nitrogens with one attached hydrogen (secondary N) is 3. The van der Waals surface area contributed by atoms with Crippen molar-refractivity contribution >= 4 is 29.5 Å². The van der Waals surface area contributed by atoms with Gasteiger partial charge in [0, 0.05) is 30.6 Å². The molecule has 4 aromatic rings. The normalized spacial score (nSPS) is 14.1. The predicted molar refractivity (Wildman–Crippen MR) is 138 cm³/mol. The van der Waals surface area contributed by atoms with Crippen LogP contribution in [0.15, 0.2) is 76.8 Å². The van der Waals surface area contributed by atoms with Crippen LogP contribution in [-0.4, -0.2) is 69.4 Å². The molecule has 2 aromatic heterocycles. The fourth-order valence-electron chi connectivity index (χ4n) is 3.72. The molecule has 2 aromatic carbocycles. The summed E-state index contributed by atoms with van der Waals surface area (Å²) in [5.74, 6) is 1.63. The first-order valence-corrected chi connectivity index (χ1v) is 12.5. The van der Waals surface area contributed by atoms with E-state index in [0.717, 1.165) is 62.0 Å². The van der Waals surface area contributed by atoms with E-state index in [1.807, 2.05) is 66.7 Å². The number of ether oxygens (including phenoxy) is 1. The first-order valence-electron chi connectivity index (χ1n) is 11.7. The van der Waals surface area contributed by atoms with Crippen molar-refractivity contribution in [3.63, 3.8) is 0 Å². The number of hydrogen-bond acceptors (Lipinski definition) is 9. The van der Waals surface area contributed by atoms with Crippen molar-refractivity contribution in [2.75, 3.05) is 50.0 Å². The minimum Gasteiger partial charge on any atom is -0.379 e. The van der Waals surface area contributed by atoms with Gasteiger partial charge in [-0.25, -0.2) is 0 Å². The van der Waals surface area contributed by atoms with Crippen LogP contribution in [0.2, 0.25) is 0 Å². The van der Waals surface area contributed by atoms with Crippen molar-refractivity contribution in [2.24, 2.45) is 0 Å². The maximum Gasteiger partial charge on any atom is 0.234 e. The van der Waals surface area contributed by atoms with Crippen molar-refractivity contribution in [2.45, 2.75) is 16.5 Å². The molecule has 0 atom stereocenters. The standard InChI is InChI=1S/C25H28N8OS/c1-3-8-19(9-4-1)21-18-22(32-31-21)27-24-28-23(26-12-7-13-33-14-16-34-17-15-33)29-25(30-24)35-20-10-5-2-6-11-20/h1-6,8-11,18H,7,12-17H2,(H3,26,27,28,29,30,31,32). The van der Waals surface area contributed by atoms with Gasteiger partial charge in [-0.05, 0) is 42.4 Å². The fourth-order valence-corrected chi connectivity index (χ4v) is 4.49. The monoisotopic (exact) mass is 488 g/mol. The number of aromatic nitrogens is 5. The zero-order valence-electron chi connectivity index (χ0n) is 19.4. The largest absolute Gasteiger partial charge is 0.379 e. The lowest BCUT2D eigenvalue weighted by Crippen LogP contribution is -2.37. The number of rotatable bonds is 10. The lowest BCUT2D eigenvalue weighted by Gasteiger charge is -2.26. The van der Waals surface area contributed by atoms with E-state index in [4.69, 9.17) is 4.74 Å². The van der Waals surface area contributed by atoms with E-state index in [9.17, 15) is 0 Å². The Morgan fingerprint density at radius 1 is 0.914 bits per heavy atom. The van der Waals surface area contributed by atoms with Crippen LogP contribution in [0.5, 0.6) is 0 Å². The summed E-state index contributed by atoms with van der Waals surface area (Å²) in [6.45, 7) is 5.41. The summed E-state index contributed by atoms with van der Waals surface area (Å²) in [6, 6.07) is 22.1. The van der Waals surface area contributed by atoms with Gasteiger partial charge >= 0.3 is 0 Å². The number of hydrogen-bond donors (Lipinski definition) is 3. The Hall–Kier alpha value is -3.47. The SMILES string of the molecule is c1ccc(Sc2nc(NCCCN3CCOCC3)nc(Nc3cc(-c4ccccc4)[nH]n3)n2)cc1. The van der Waals surface area contributed by atoms with Crippen molar-refractivity contribution < 1.29 is 4.74 Å². The molecule has 9 nitrogen and oxygen atoms in total. The molecular formula is C25H28N8OS. The average Bonchev–Trinajstić information content (AvgIpc) is 3.37. The summed E-state index contributed by atoms with van der Waals surface area (Å²) in [4.78, 5) is 17.3. The van der Waals surface area contributed by atoms with Gasteiger partial charge in [0.05, 0.1) is 18.9 Å². The number of morpholine rings is 1. The second-order valence-electron chi connectivity index (χ2n) is 8.07. The van der Waals surface area contributed by atoms with Gasteiger partial charge in [0.2, 0.25) is 11.9 Å². The molecule has 0 bridgehead atoms. The highest BCUT2D eigenvalue weighted by Crippen LogP contribution is 2.27. The predicted octanol–water partition coefficient (Wildman–Crippen LogP) is 4.29. The Labute approximate surface area is 208 Å². The van der Waals surface area contributed by atoms with Crippen molar-refractivity contribution in [1.82, 2.24) is 30.0 Å². The van der Waals surface area contributed by atoms with Gasteiger partial charge in [-0.1, -0.05) is 48.5 Å². The van der Waals surface area contributed by atoms with Gasteiger partial charge in [0.25, 0.3) is 0 Å². The second kappa shape index (κ2) is 11.8. The van der Waals surface area contributed by atoms with Crippen LogP contribution in [0.4, 0.5) is 17.7 Å². The molecule has 0 saturated carbocycles. The van der Waals surface area contributed by atoms with Gasteiger partial charge in [-0.15, -0.1) is 0 Å². The smallest absolute Gasteiger partial charge is 0.234 e. The quantitative estimate of drug-likeness (QED) is 0.282. The third-order valence-electron chi connectivity index (χ3n) is 5.51. The van der Waals surface area contributed by atoms with Crippen LogP contribution < -0.4 is 10.6 Å². The Morgan fingerprint density at radius 2 is 1.66 bits per heavy atom. The van der Waals surface area contributed by atoms with E-state index in [-0.39, 0.29) is 0 Å². The van der Waals surface area contributed by atoms with Crippen LogP contribution in [0, 0.1) is 0 Å². The van der Waals surface area contributed by atoms with Crippen LogP contribution in [0.1, 0.15) is 6.42 Å². The van der Waals surface area contributed by atoms with Crippen molar-refractivity contribution in [3.05, 3.63) is 66.7 Å². The lowest BCUT2D eigenvalue weighted by atomic mass is 10.2. The number of H-pyrrole nitrogens is 1. The molecule has 1 fully saturated rings. The molecule has 1 aliphatic rings.